The van der Waals surface area contributed by atoms with Gasteiger partial charge in [-0.05, 0) is 33.8 Å². The number of nitrogens with two attached hydrogens (primary N) is 1. The van der Waals surface area contributed by atoms with Crippen LogP contribution in [0, 0.1) is 11.3 Å². The van der Waals surface area contributed by atoms with E-state index in [0.717, 1.165) is 0 Å². The van der Waals surface area contributed by atoms with Gasteiger partial charge in [0.1, 0.15) is 23.0 Å². The predicted molar refractivity (Wildman–Crippen MR) is 98.0 cm³/mol. The van der Waals surface area contributed by atoms with Crippen molar-refractivity contribution < 1.29 is 19.1 Å². The molecule has 0 fully saturated rings. The summed E-state index contributed by atoms with van der Waals surface area (Å²) in [5.74, 6) is -1.15. The van der Waals surface area contributed by atoms with Crippen molar-refractivity contribution in [3.63, 3.8) is 0 Å². The van der Waals surface area contributed by atoms with E-state index in [4.69, 9.17) is 15.2 Å². The summed E-state index contributed by atoms with van der Waals surface area (Å²) in [7, 11) is 0. The third kappa shape index (κ3) is 2.40. The van der Waals surface area contributed by atoms with Crippen LogP contribution in [-0.2, 0) is 24.5 Å². The van der Waals surface area contributed by atoms with Gasteiger partial charge in [-0.3, -0.25) is 4.79 Å². The lowest BCUT2D eigenvalue weighted by Gasteiger charge is -2.34. The fourth-order valence-corrected chi connectivity index (χ4v) is 3.80. The predicted octanol–water partition coefficient (Wildman–Crippen LogP) is 2.24. The van der Waals surface area contributed by atoms with Crippen LogP contribution in [0.2, 0.25) is 0 Å². The molecule has 140 valence electrons. The highest BCUT2D eigenvalue weighted by Gasteiger charge is 2.61. The van der Waals surface area contributed by atoms with Gasteiger partial charge in [0, 0.05) is 17.8 Å². The summed E-state index contributed by atoms with van der Waals surface area (Å²) in [6.07, 6.45) is -0.405. The summed E-state index contributed by atoms with van der Waals surface area (Å²) in [5, 5.41) is 9.84. The number of hydrogen-bond donors (Lipinski definition) is 1. The third-order valence-electron chi connectivity index (χ3n) is 4.75. The van der Waals surface area contributed by atoms with Gasteiger partial charge in [-0.2, -0.15) is 5.26 Å². The van der Waals surface area contributed by atoms with Gasteiger partial charge in [-0.25, -0.2) is 4.79 Å². The van der Waals surface area contributed by atoms with Crippen molar-refractivity contribution in [3.8, 4) is 6.07 Å². The van der Waals surface area contributed by atoms with Crippen molar-refractivity contribution in [1.29, 1.82) is 5.26 Å². The molecule has 2 N–H and O–H groups in total. The van der Waals surface area contributed by atoms with E-state index in [0.29, 0.717) is 17.8 Å². The summed E-state index contributed by atoms with van der Waals surface area (Å²) in [6.45, 7) is 7.17. The van der Waals surface area contributed by atoms with E-state index in [1.54, 1.807) is 49.9 Å². The van der Waals surface area contributed by atoms with E-state index >= 15 is 0 Å². The Morgan fingerprint density at radius 3 is 2.67 bits per heavy atom. The minimum Gasteiger partial charge on any atom is -0.459 e. The summed E-state index contributed by atoms with van der Waals surface area (Å²) >= 11 is 0. The van der Waals surface area contributed by atoms with E-state index in [-0.39, 0.29) is 22.8 Å². The highest BCUT2D eigenvalue weighted by atomic mass is 16.5. The number of likely N-dealkylation sites (N-methyl/N-ethyl adjacent to an activating group) is 1. The van der Waals surface area contributed by atoms with Crippen LogP contribution in [0.4, 0.5) is 5.69 Å². The molecule has 1 aromatic rings. The second-order valence-corrected chi connectivity index (χ2v) is 6.65. The first kappa shape index (κ1) is 18.5. The molecule has 1 unspecified atom stereocenters. The van der Waals surface area contributed by atoms with Gasteiger partial charge in [0.15, 0.2) is 5.41 Å². The smallest absolute Gasteiger partial charge is 0.339 e. The number of ether oxygens (including phenoxy) is 2. The van der Waals surface area contributed by atoms with Gasteiger partial charge in [0.25, 0.3) is 0 Å². The summed E-state index contributed by atoms with van der Waals surface area (Å²) < 4.78 is 10.9. The number of nitriles is 1. The molecule has 3 rings (SSSR count). The minimum absolute atomic E-state index is 0.00431. The molecule has 0 saturated heterocycles. The van der Waals surface area contributed by atoms with Crippen LogP contribution in [0.5, 0.6) is 0 Å². The molecule has 0 aliphatic carbocycles. The summed E-state index contributed by atoms with van der Waals surface area (Å²) in [4.78, 5) is 28.2. The number of hydrogen-bond acceptors (Lipinski definition) is 6. The van der Waals surface area contributed by atoms with Crippen LogP contribution in [0.15, 0.2) is 47.1 Å². The number of para-hydroxylation sites is 1. The number of carbonyl (C=O) groups excluding carboxylic acids is 2. The first-order valence-corrected chi connectivity index (χ1v) is 8.72. The number of fused-ring (bicyclic) bond motifs is 2. The molecule has 0 saturated carbocycles. The topological polar surface area (TPSA) is 106 Å². The molecule has 1 atom stereocenters. The lowest BCUT2D eigenvalue weighted by atomic mass is 9.68. The van der Waals surface area contributed by atoms with Crippen molar-refractivity contribution in [1.82, 2.24) is 0 Å². The molecule has 1 amide bonds. The molecule has 7 nitrogen and oxygen atoms in total. The molecule has 2 heterocycles. The van der Waals surface area contributed by atoms with E-state index in [2.05, 4.69) is 0 Å². The van der Waals surface area contributed by atoms with Crippen molar-refractivity contribution >= 4 is 17.6 Å². The Balaban J connectivity index is 2.40. The van der Waals surface area contributed by atoms with Crippen molar-refractivity contribution in [3.05, 3.63) is 52.6 Å². The molecule has 7 heteroatoms. The Labute approximate surface area is 157 Å². The highest BCUT2D eigenvalue weighted by molar-refractivity contribution is 6.18. The maximum atomic E-state index is 13.6. The zero-order valence-electron chi connectivity index (χ0n) is 15.7. The van der Waals surface area contributed by atoms with Crippen LogP contribution in [-0.4, -0.2) is 24.5 Å². The SMILES string of the molecule is CCN1C(=O)C2(C(C#N)=C(N)OC(C)=C2C(=O)OC(C)C)c2ccccc21. The molecule has 0 radical (unpaired) electrons. The summed E-state index contributed by atoms with van der Waals surface area (Å²) in [5.41, 5.74) is 5.37. The Morgan fingerprint density at radius 2 is 2.07 bits per heavy atom. The van der Waals surface area contributed by atoms with Gasteiger partial charge in [0.2, 0.25) is 11.8 Å². The molecule has 2 aliphatic heterocycles. The minimum atomic E-state index is -1.67. The fourth-order valence-electron chi connectivity index (χ4n) is 3.80. The van der Waals surface area contributed by atoms with Crippen LogP contribution in [0.1, 0.15) is 33.3 Å². The molecule has 27 heavy (non-hydrogen) atoms. The van der Waals surface area contributed by atoms with Gasteiger partial charge in [-0.15, -0.1) is 0 Å². The molecule has 0 bridgehead atoms. The average molecular weight is 367 g/mol. The number of benzene rings is 1. The van der Waals surface area contributed by atoms with Gasteiger partial charge in [0.05, 0.1) is 6.10 Å². The quantitative estimate of drug-likeness (QED) is 0.821. The van der Waals surface area contributed by atoms with Crippen LogP contribution >= 0.6 is 0 Å². The van der Waals surface area contributed by atoms with Gasteiger partial charge in [-0.1, -0.05) is 18.2 Å². The van der Waals surface area contributed by atoms with Crippen molar-refractivity contribution in [2.45, 2.75) is 39.2 Å². The Morgan fingerprint density at radius 1 is 1.41 bits per heavy atom. The largest absolute Gasteiger partial charge is 0.459 e. The van der Waals surface area contributed by atoms with E-state index in [1.807, 2.05) is 13.0 Å². The van der Waals surface area contributed by atoms with Crippen LogP contribution in [0.3, 0.4) is 0 Å². The molecule has 0 aromatic heterocycles. The first-order valence-electron chi connectivity index (χ1n) is 8.72. The third-order valence-corrected chi connectivity index (χ3v) is 4.75. The number of anilines is 1. The van der Waals surface area contributed by atoms with E-state index < -0.39 is 23.4 Å². The zero-order chi connectivity index (χ0) is 19.9. The Kier molecular flexibility index (Phi) is 4.44. The first-order chi connectivity index (χ1) is 12.8. The number of allylic oxidation sites excluding steroid dienone is 1. The lowest BCUT2D eigenvalue weighted by molar-refractivity contribution is -0.144. The second-order valence-electron chi connectivity index (χ2n) is 6.65. The van der Waals surface area contributed by atoms with Crippen molar-refractivity contribution in [2.24, 2.45) is 5.73 Å². The van der Waals surface area contributed by atoms with Gasteiger partial charge >= 0.3 is 5.97 Å². The van der Waals surface area contributed by atoms with E-state index in [1.165, 1.54) is 0 Å². The average Bonchev–Trinajstić information content (AvgIpc) is 2.83. The normalized spacial score (nSPS) is 21.5. The summed E-state index contributed by atoms with van der Waals surface area (Å²) in [6, 6.07) is 9.08. The Hall–Kier alpha value is -3.27. The lowest BCUT2D eigenvalue weighted by Crippen LogP contribution is -2.48. The van der Waals surface area contributed by atoms with Crippen molar-refractivity contribution in [2.75, 3.05) is 11.4 Å². The molecule has 2 aliphatic rings. The van der Waals surface area contributed by atoms with Gasteiger partial charge < -0.3 is 20.1 Å². The van der Waals surface area contributed by atoms with Crippen LogP contribution in [0.25, 0.3) is 0 Å². The molecule has 1 spiro atoms. The number of carbonyl (C=O) groups is 2. The Bertz CT molecular complexity index is 939. The number of esters is 1. The fraction of sp³-hybridized carbons (Fsp3) is 0.350. The number of amides is 1. The van der Waals surface area contributed by atoms with Crippen LogP contribution < -0.4 is 10.6 Å². The van der Waals surface area contributed by atoms with E-state index in [9.17, 15) is 14.9 Å². The zero-order valence-corrected chi connectivity index (χ0v) is 15.7. The molecular weight excluding hydrogens is 346 g/mol. The monoisotopic (exact) mass is 367 g/mol. The highest BCUT2D eigenvalue weighted by Crippen LogP contribution is 2.54. The molecule has 1 aromatic carbocycles. The standard InChI is InChI=1S/C20H21N3O4/c1-5-23-15-9-7-6-8-13(15)20(19(23)25)14(10-21)17(22)27-12(4)16(20)18(24)26-11(2)3/h6-9,11H,5,22H2,1-4H3. The maximum Gasteiger partial charge on any atom is 0.339 e. The maximum absolute atomic E-state index is 13.6. The molecular formula is C20H21N3O4. The number of nitrogens with zero attached hydrogens (tertiary/aromatic N) is 2. The number of rotatable bonds is 3. The second kappa shape index (κ2) is 6.47.